The fraction of sp³-hybridized carbons (Fsp3) is 0.842. The zero-order valence-corrected chi connectivity index (χ0v) is 16.5. The molecule has 26 heavy (non-hydrogen) atoms. The summed E-state index contributed by atoms with van der Waals surface area (Å²) in [5, 5.41) is 14.8. The lowest BCUT2D eigenvalue weighted by Gasteiger charge is -2.29. The molecule has 0 heterocycles. The van der Waals surface area contributed by atoms with Crippen molar-refractivity contribution in [3.05, 3.63) is 0 Å². The predicted molar refractivity (Wildman–Crippen MR) is 100 cm³/mol. The number of hydrogen-bond donors (Lipinski definition) is 4. The molecule has 0 spiro atoms. The minimum absolute atomic E-state index is 0.111. The Kier molecular flexibility index (Phi) is 9.05. The molecular weight excluding hydrogens is 334 g/mol. The average molecular weight is 370 g/mol. The fourth-order valence-corrected chi connectivity index (χ4v) is 3.40. The minimum atomic E-state index is -0.998. The molecule has 1 rings (SSSR count). The maximum absolute atomic E-state index is 12.3. The van der Waals surface area contributed by atoms with Crippen molar-refractivity contribution in [1.82, 2.24) is 10.6 Å². The molecule has 0 aromatic carbocycles. The summed E-state index contributed by atoms with van der Waals surface area (Å²) in [5.74, 6) is -0.863. The van der Waals surface area contributed by atoms with Gasteiger partial charge in [-0.05, 0) is 49.9 Å². The predicted octanol–water partition coefficient (Wildman–Crippen LogP) is 1.51. The summed E-state index contributed by atoms with van der Waals surface area (Å²) in [6.07, 6.45) is 3.79. The van der Waals surface area contributed by atoms with Gasteiger partial charge in [0.2, 0.25) is 11.8 Å². The number of amides is 2. The highest BCUT2D eigenvalue weighted by Crippen LogP contribution is 2.28. The highest BCUT2D eigenvalue weighted by atomic mass is 16.4. The van der Waals surface area contributed by atoms with Crippen LogP contribution in [0.2, 0.25) is 0 Å². The molecule has 1 aliphatic rings. The van der Waals surface area contributed by atoms with Crippen molar-refractivity contribution in [2.45, 2.75) is 71.9 Å². The molecule has 0 aromatic rings. The molecule has 0 aliphatic heterocycles. The van der Waals surface area contributed by atoms with Gasteiger partial charge in [-0.25, -0.2) is 4.79 Å². The Balaban J connectivity index is 2.37. The van der Waals surface area contributed by atoms with Crippen LogP contribution in [0.1, 0.15) is 59.8 Å². The number of carboxylic acid groups (broad SMARTS) is 1. The van der Waals surface area contributed by atoms with Crippen LogP contribution in [0.25, 0.3) is 0 Å². The minimum Gasteiger partial charge on any atom is -0.480 e. The van der Waals surface area contributed by atoms with E-state index in [1.165, 1.54) is 0 Å². The molecule has 2 amide bonds. The summed E-state index contributed by atoms with van der Waals surface area (Å²) in [6.45, 7) is 8.22. The Morgan fingerprint density at radius 3 is 2.12 bits per heavy atom. The van der Waals surface area contributed by atoms with Crippen LogP contribution in [-0.2, 0) is 14.4 Å². The number of nitrogens with two attached hydrogens (primary N) is 1. The van der Waals surface area contributed by atoms with Gasteiger partial charge in [-0.1, -0.05) is 27.7 Å². The van der Waals surface area contributed by atoms with Gasteiger partial charge >= 0.3 is 5.97 Å². The van der Waals surface area contributed by atoms with Gasteiger partial charge < -0.3 is 21.5 Å². The molecule has 150 valence electrons. The molecule has 0 bridgehead atoms. The first-order chi connectivity index (χ1) is 12.1. The maximum atomic E-state index is 12.3. The van der Waals surface area contributed by atoms with Gasteiger partial charge in [0.25, 0.3) is 0 Å². The molecule has 7 nitrogen and oxygen atoms in total. The van der Waals surface area contributed by atoms with Crippen LogP contribution >= 0.6 is 0 Å². The van der Waals surface area contributed by atoms with Crippen LogP contribution in [0, 0.1) is 23.7 Å². The summed E-state index contributed by atoms with van der Waals surface area (Å²) in [6, 6.07) is -1.32. The molecular formula is C19H35N3O4. The second-order valence-electron chi connectivity index (χ2n) is 8.27. The van der Waals surface area contributed by atoms with Gasteiger partial charge in [-0.15, -0.1) is 0 Å². The monoisotopic (exact) mass is 369 g/mol. The van der Waals surface area contributed by atoms with Crippen LogP contribution in [0.15, 0.2) is 0 Å². The number of nitrogens with one attached hydrogen (secondary N) is 2. The van der Waals surface area contributed by atoms with Crippen LogP contribution in [0.3, 0.4) is 0 Å². The van der Waals surface area contributed by atoms with Crippen LogP contribution in [-0.4, -0.2) is 41.5 Å². The molecule has 1 aliphatic carbocycles. The summed E-state index contributed by atoms with van der Waals surface area (Å²) >= 11 is 0. The number of aliphatic carboxylic acids is 1. The molecule has 2 atom stereocenters. The zero-order chi connectivity index (χ0) is 19.9. The Labute approximate surface area is 156 Å². The number of carbonyl (C=O) groups is 3. The Hall–Kier alpha value is -1.63. The number of carbonyl (C=O) groups excluding carboxylic acids is 2. The molecule has 0 aromatic heterocycles. The zero-order valence-electron chi connectivity index (χ0n) is 16.5. The van der Waals surface area contributed by atoms with Crippen LogP contribution < -0.4 is 16.4 Å². The van der Waals surface area contributed by atoms with Gasteiger partial charge in [-0.3, -0.25) is 9.59 Å². The maximum Gasteiger partial charge on any atom is 0.326 e. The second-order valence-corrected chi connectivity index (χ2v) is 8.27. The van der Waals surface area contributed by atoms with Crippen molar-refractivity contribution in [2.75, 3.05) is 6.54 Å². The molecule has 7 heteroatoms. The molecule has 1 saturated carbocycles. The van der Waals surface area contributed by atoms with Crippen molar-refractivity contribution in [2.24, 2.45) is 29.4 Å². The van der Waals surface area contributed by atoms with E-state index in [1.807, 2.05) is 13.8 Å². The van der Waals surface area contributed by atoms with Crippen LogP contribution in [0.5, 0.6) is 0 Å². The van der Waals surface area contributed by atoms with E-state index in [0.717, 1.165) is 25.7 Å². The molecule has 0 saturated heterocycles. The van der Waals surface area contributed by atoms with Crippen molar-refractivity contribution in [1.29, 1.82) is 0 Å². The number of rotatable bonds is 9. The molecule has 5 N–H and O–H groups in total. The number of carboxylic acids is 1. The summed E-state index contributed by atoms with van der Waals surface area (Å²) in [4.78, 5) is 35.5. The summed E-state index contributed by atoms with van der Waals surface area (Å²) < 4.78 is 0. The Bertz CT molecular complexity index is 485. The summed E-state index contributed by atoms with van der Waals surface area (Å²) in [7, 11) is 0. The van der Waals surface area contributed by atoms with E-state index in [4.69, 9.17) is 5.73 Å². The lowest BCUT2D eigenvalue weighted by Crippen LogP contribution is -2.47. The summed E-state index contributed by atoms with van der Waals surface area (Å²) in [5.41, 5.74) is 5.88. The smallest absolute Gasteiger partial charge is 0.326 e. The van der Waals surface area contributed by atoms with Gasteiger partial charge in [0, 0.05) is 12.5 Å². The second kappa shape index (κ2) is 10.5. The van der Waals surface area contributed by atoms with E-state index >= 15 is 0 Å². The van der Waals surface area contributed by atoms with Crippen molar-refractivity contribution in [3.8, 4) is 0 Å². The first kappa shape index (κ1) is 22.4. The van der Waals surface area contributed by atoms with E-state index in [1.54, 1.807) is 13.8 Å². The van der Waals surface area contributed by atoms with Crippen LogP contribution in [0.4, 0.5) is 0 Å². The average Bonchev–Trinajstić information content (AvgIpc) is 2.56. The van der Waals surface area contributed by atoms with Crippen molar-refractivity contribution in [3.63, 3.8) is 0 Å². The highest BCUT2D eigenvalue weighted by Gasteiger charge is 2.30. The topological polar surface area (TPSA) is 122 Å². The van der Waals surface area contributed by atoms with E-state index in [0.29, 0.717) is 24.8 Å². The fourth-order valence-electron chi connectivity index (χ4n) is 3.40. The quantitative estimate of drug-likeness (QED) is 0.491. The number of hydrogen-bond acceptors (Lipinski definition) is 4. The third-order valence-electron chi connectivity index (χ3n) is 5.08. The SMILES string of the molecule is CC(C)CC(N)C(=O)NCC1CCC(C(=O)NC(C(=O)O)C(C)C)CC1. The van der Waals surface area contributed by atoms with Crippen molar-refractivity contribution < 1.29 is 19.5 Å². The first-order valence-electron chi connectivity index (χ1n) is 9.68. The van der Waals surface area contributed by atoms with Gasteiger partial charge in [0.05, 0.1) is 6.04 Å². The Morgan fingerprint density at radius 2 is 1.65 bits per heavy atom. The molecule has 1 fully saturated rings. The lowest BCUT2D eigenvalue weighted by atomic mass is 9.81. The lowest BCUT2D eigenvalue weighted by molar-refractivity contribution is -0.144. The van der Waals surface area contributed by atoms with Gasteiger partial charge in [0.1, 0.15) is 6.04 Å². The third-order valence-corrected chi connectivity index (χ3v) is 5.08. The van der Waals surface area contributed by atoms with E-state index in [9.17, 15) is 19.5 Å². The first-order valence-corrected chi connectivity index (χ1v) is 9.68. The third kappa shape index (κ3) is 7.32. The van der Waals surface area contributed by atoms with Gasteiger partial charge in [0.15, 0.2) is 0 Å². The van der Waals surface area contributed by atoms with Crippen molar-refractivity contribution >= 4 is 17.8 Å². The van der Waals surface area contributed by atoms with E-state index in [2.05, 4.69) is 10.6 Å². The normalized spacial score (nSPS) is 22.7. The standard InChI is InChI=1S/C19H35N3O4/c1-11(2)9-15(20)18(24)21-10-13-5-7-14(8-6-13)17(23)22-16(12(3)4)19(25)26/h11-16H,5-10,20H2,1-4H3,(H,21,24)(H,22,23)(H,25,26). The van der Waals surface area contributed by atoms with E-state index < -0.39 is 18.1 Å². The molecule has 0 radical (unpaired) electrons. The highest BCUT2D eigenvalue weighted by molar-refractivity contribution is 5.85. The van der Waals surface area contributed by atoms with Gasteiger partial charge in [-0.2, -0.15) is 0 Å². The molecule has 2 unspecified atom stereocenters. The largest absolute Gasteiger partial charge is 0.480 e. The van der Waals surface area contributed by atoms with E-state index in [-0.39, 0.29) is 23.7 Å². The Morgan fingerprint density at radius 1 is 1.08 bits per heavy atom.